The van der Waals surface area contributed by atoms with Gasteiger partial charge in [0.2, 0.25) is 0 Å². The van der Waals surface area contributed by atoms with Crippen LogP contribution in [0.4, 0.5) is 11.5 Å². The maximum absolute atomic E-state index is 11.4. The van der Waals surface area contributed by atoms with E-state index in [1.54, 1.807) is 48.0 Å². The van der Waals surface area contributed by atoms with E-state index in [-0.39, 0.29) is 11.5 Å². The lowest BCUT2D eigenvalue weighted by atomic mass is 10.3. The Morgan fingerprint density at radius 3 is 2.83 bits per heavy atom. The standard InChI is InChI=1S/C16H14N4O3/c1-10-6-7-13-17-14(16(21)22)15(20(13)9-10)19-18-11-4-3-5-12(8-11)23-2/h3-9H,1-2H3,(H,21,22). The molecule has 7 heteroatoms. The number of pyridine rings is 1. The number of imidazole rings is 1. The molecule has 3 rings (SSSR count). The number of nitrogens with zero attached hydrogens (tertiary/aromatic N) is 4. The molecule has 0 radical (unpaired) electrons. The van der Waals surface area contributed by atoms with Crippen LogP contribution in [-0.4, -0.2) is 27.6 Å². The first-order chi connectivity index (χ1) is 11.1. The summed E-state index contributed by atoms with van der Waals surface area (Å²) in [6, 6.07) is 10.6. The van der Waals surface area contributed by atoms with Gasteiger partial charge in [-0.15, -0.1) is 10.2 Å². The van der Waals surface area contributed by atoms with E-state index in [9.17, 15) is 9.90 Å². The second kappa shape index (κ2) is 5.88. The van der Waals surface area contributed by atoms with Crippen LogP contribution < -0.4 is 4.74 Å². The van der Waals surface area contributed by atoms with Crippen molar-refractivity contribution in [3.8, 4) is 5.75 Å². The van der Waals surface area contributed by atoms with Gasteiger partial charge < -0.3 is 9.84 Å². The van der Waals surface area contributed by atoms with E-state index in [1.165, 1.54) is 0 Å². The predicted octanol–water partition coefficient (Wildman–Crippen LogP) is 3.76. The van der Waals surface area contributed by atoms with Crippen LogP contribution in [0.25, 0.3) is 5.65 Å². The summed E-state index contributed by atoms with van der Waals surface area (Å²) in [4.78, 5) is 15.5. The number of aromatic carboxylic acids is 1. The number of methoxy groups -OCH3 is 1. The largest absolute Gasteiger partial charge is 0.497 e. The van der Waals surface area contributed by atoms with Crippen LogP contribution in [0.1, 0.15) is 16.1 Å². The third kappa shape index (κ3) is 2.89. The second-order valence-corrected chi connectivity index (χ2v) is 4.93. The fourth-order valence-corrected chi connectivity index (χ4v) is 2.16. The molecule has 7 nitrogen and oxygen atoms in total. The van der Waals surface area contributed by atoms with Crippen LogP contribution in [0, 0.1) is 6.92 Å². The Bertz CT molecular complexity index is 915. The van der Waals surface area contributed by atoms with Gasteiger partial charge in [0.15, 0.2) is 11.5 Å². The minimum atomic E-state index is -1.15. The normalized spacial score (nSPS) is 11.2. The zero-order valence-corrected chi connectivity index (χ0v) is 12.6. The Balaban J connectivity index is 2.10. The lowest BCUT2D eigenvalue weighted by Gasteiger charge is -2.00. The van der Waals surface area contributed by atoms with Crippen molar-refractivity contribution >= 4 is 23.1 Å². The molecule has 0 atom stereocenters. The molecule has 23 heavy (non-hydrogen) atoms. The van der Waals surface area contributed by atoms with Crippen LogP contribution in [0.2, 0.25) is 0 Å². The summed E-state index contributed by atoms with van der Waals surface area (Å²) in [6.45, 7) is 1.91. The molecule has 2 aromatic heterocycles. The number of rotatable bonds is 4. The highest BCUT2D eigenvalue weighted by molar-refractivity contribution is 5.91. The number of ether oxygens (including phenoxy) is 1. The molecule has 3 aromatic rings. The molecule has 0 fully saturated rings. The zero-order chi connectivity index (χ0) is 16.4. The topological polar surface area (TPSA) is 88.5 Å². The molecular formula is C16H14N4O3. The van der Waals surface area contributed by atoms with Crippen molar-refractivity contribution in [1.82, 2.24) is 9.38 Å². The van der Waals surface area contributed by atoms with E-state index >= 15 is 0 Å². The first kappa shape index (κ1) is 14.7. The van der Waals surface area contributed by atoms with E-state index in [2.05, 4.69) is 15.2 Å². The SMILES string of the molecule is COc1cccc(N=Nc2c(C(=O)O)nc3ccc(C)cn23)c1. The van der Waals surface area contributed by atoms with E-state index in [0.717, 1.165) is 5.56 Å². The highest BCUT2D eigenvalue weighted by Gasteiger charge is 2.18. The van der Waals surface area contributed by atoms with Gasteiger partial charge >= 0.3 is 5.97 Å². The Hall–Kier alpha value is -3.22. The number of benzene rings is 1. The van der Waals surface area contributed by atoms with Crippen molar-refractivity contribution in [2.24, 2.45) is 10.2 Å². The first-order valence-corrected chi connectivity index (χ1v) is 6.86. The third-order valence-electron chi connectivity index (χ3n) is 3.26. The number of hydrogen-bond acceptors (Lipinski definition) is 5. The minimum Gasteiger partial charge on any atom is -0.497 e. The Morgan fingerprint density at radius 1 is 1.26 bits per heavy atom. The molecule has 0 saturated carbocycles. The summed E-state index contributed by atoms with van der Waals surface area (Å²) < 4.78 is 6.74. The summed E-state index contributed by atoms with van der Waals surface area (Å²) in [5.74, 6) is -0.321. The third-order valence-corrected chi connectivity index (χ3v) is 3.26. The van der Waals surface area contributed by atoms with E-state index < -0.39 is 5.97 Å². The van der Waals surface area contributed by atoms with Gasteiger partial charge in [-0.3, -0.25) is 4.40 Å². The summed E-state index contributed by atoms with van der Waals surface area (Å²) in [6.07, 6.45) is 1.77. The number of carboxylic acid groups (broad SMARTS) is 1. The molecule has 2 heterocycles. The summed E-state index contributed by atoms with van der Waals surface area (Å²) >= 11 is 0. The van der Waals surface area contributed by atoms with Gasteiger partial charge in [-0.2, -0.15) is 0 Å². The van der Waals surface area contributed by atoms with Crippen LogP contribution in [0.3, 0.4) is 0 Å². The lowest BCUT2D eigenvalue weighted by molar-refractivity contribution is 0.0692. The first-order valence-electron chi connectivity index (χ1n) is 6.86. The highest BCUT2D eigenvalue weighted by Crippen LogP contribution is 2.26. The van der Waals surface area contributed by atoms with Gasteiger partial charge in [-0.1, -0.05) is 12.1 Å². The van der Waals surface area contributed by atoms with Gasteiger partial charge in [0, 0.05) is 12.3 Å². The lowest BCUT2D eigenvalue weighted by Crippen LogP contribution is -1.96. The molecule has 116 valence electrons. The molecule has 1 N–H and O–H groups in total. The second-order valence-electron chi connectivity index (χ2n) is 4.93. The number of hydrogen-bond donors (Lipinski definition) is 1. The van der Waals surface area contributed by atoms with Gasteiger partial charge in [0.1, 0.15) is 11.4 Å². The molecule has 0 bridgehead atoms. The van der Waals surface area contributed by atoms with E-state index in [0.29, 0.717) is 17.1 Å². The van der Waals surface area contributed by atoms with Crippen molar-refractivity contribution in [3.05, 3.63) is 53.9 Å². The Morgan fingerprint density at radius 2 is 2.09 bits per heavy atom. The van der Waals surface area contributed by atoms with E-state index in [4.69, 9.17) is 4.74 Å². The van der Waals surface area contributed by atoms with Gasteiger partial charge in [0.05, 0.1) is 12.8 Å². The number of azo groups is 1. The smallest absolute Gasteiger partial charge is 0.358 e. The average molecular weight is 310 g/mol. The van der Waals surface area contributed by atoms with Crippen molar-refractivity contribution in [3.63, 3.8) is 0 Å². The fraction of sp³-hybridized carbons (Fsp3) is 0.125. The molecule has 0 aliphatic heterocycles. The Labute approximate surface area is 131 Å². The predicted molar refractivity (Wildman–Crippen MR) is 84.1 cm³/mol. The fourth-order valence-electron chi connectivity index (χ4n) is 2.16. The van der Waals surface area contributed by atoms with Crippen molar-refractivity contribution in [1.29, 1.82) is 0 Å². The molecule has 0 unspecified atom stereocenters. The number of aryl methyl sites for hydroxylation is 1. The number of carbonyl (C=O) groups is 1. The highest BCUT2D eigenvalue weighted by atomic mass is 16.5. The Kier molecular flexibility index (Phi) is 3.76. The number of carboxylic acids is 1. The molecule has 0 saturated heterocycles. The van der Waals surface area contributed by atoms with Crippen LogP contribution >= 0.6 is 0 Å². The quantitative estimate of drug-likeness (QED) is 0.743. The van der Waals surface area contributed by atoms with Crippen molar-refractivity contribution in [2.45, 2.75) is 6.92 Å². The molecule has 0 aliphatic carbocycles. The molecule has 0 aliphatic rings. The van der Waals surface area contributed by atoms with Crippen LogP contribution in [0.15, 0.2) is 52.8 Å². The number of fused-ring (bicyclic) bond motifs is 1. The monoisotopic (exact) mass is 310 g/mol. The van der Waals surface area contributed by atoms with Crippen molar-refractivity contribution < 1.29 is 14.6 Å². The van der Waals surface area contributed by atoms with Gasteiger partial charge in [-0.05, 0) is 30.7 Å². The molecule has 0 spiro atoms. The average Bonchev–Trinajstić information content (AvgIpc) is 2.91. The molecular weight excluding hydrogens is 296 g/mol. The maximum Gasteiger partial charge on any atom is 0.358 e. The molecule has 1 aromatic carbocycles. The molecule has 0 amide bonds. The summed E-state index contributed by atoms with van der Waals surface area (Å²) in [5, 5.41) is 17.5. The van der Waals surface area contributed by atoms with Crippen LogP contribution in [-0.2, 0) is 0 Å². The van der Waals surface area contributed by atoms with E-state index in [1.807, 2.05) is 13.0 Å². The number of aromatic nitrogens is 2. The zero-order valence-electron chi connectivity index (χ0n) is 12.6. The van der Waals surface area contributed by atoms with Gasteiger partial charge in [0.25, 0.3) is 0 Å². The van der Waals surface area contributed by atoms with Crippen molar-refractivity contribution in [2.75, 3.05) is 7.11 Å². The summed E-state index contributed by atoms with van der Waals surface area (Å²) in [7, 11) is 1.56. The summed E-state index contributed by atoms with van der Waals surface area (Å²) in [5.41, 5.74) is 1.89. The maximum atomic E-state index is 11.4. The minimum absolute atomic E-state index is 0.137. The van der Waals surface area contributed by atoms with Gasteiger partial charge in [-0.25, -0.2) is 9.78 Å². The van der Waals surface area contributed by atoms with Crippen LogP contribution in [0.5, 0.6) is 5.75 Å².